The van der Waals surface area contributed by atoms with Crippen LogP contribution in [0.3, 0.4) is 0 Å². The summed E-state index contributed by atoms with van der Waals surface area (Å²) in [6.07, 6.45) is 0. The van der Waals surface area contributed by atoms with Crippen LogP contribution in [0.25, 0.3) is 0 Å². The number of hydrogen-bond donors (Lipinski definition) is 0. The van der Waals surface area contributed by atoms with E-state index in [4.69, 9.17) is 0 Å². The van der Waals surface area contributed by atoms with Crippen LogP contribution in [-0.4, -0.2) is 13.4 Å². The van der Waals surface area contributed by atoms with Crippen molar-refractivity contribution in [1.82, 2.24) is 0 Å². The maximum Gasteiger partial charge on any atom is 1.00 e. The predicted octanol–water partition coefficient (Wildman–Crippen LogP) is -2.81. The Labute approximate surface area is 80.1 Å². The minimum Gasteiger partial charge on any atom is -0.750 e. The molecule has 0 bridgehead atoms. The molecular formula is CH2INaO3S. The third kappa shape index (κ3) is 11.4. The van der Waals surface area contributed by atoms with Gasteiger partial charge in [-0.05, 0) is 0 Å². The fraction of sp³-hybridized carbons (Fsp3) is 1.00. The molecule has 6 heteroatoms. The normalized spacial score (nSPS) is 12.3. The van der Waals surface area contributed by atoms with E-state index in [1.165, 1.54) is 0 Å². The molecule has 0 aliphatic heterocycles. The molecule has 0 radical (unpaired) electrons. The predicted molar refractivity (Wildman–Crippen MR) is 28.9 cm³/mol. The SMILES string of the molecule is O=S([O-])OCI.[Na+]. The van der Waals surface area contributed by atoms with Gasteiger partial charge in [0.25, 0.3) is 0 Å². The first-order valence-electron chi connectivity index (χ1n) is 1.06. The van der Waals surface area contributed by atoms with Crippen LogP contribution < -0.4 is 29.6 Å². The summed E-state index contributed by atoms with van der Waals surface area (Å²) < 4.78 is 22.9. The Balaban J connectivity index is 0. The van der Waals surface area contributed by atoms with Gasteiger partial charge < -0.3 is 4.55 Å². The number of alkyl halides is 1. The molecule has 0 saturated heterocycles. The van der Waals surface area contributed by atoms with E-state index in [-0.39, 0.29) is 34.2 Å². The smallest absolute Gasteiger partial charge is 0.750 e. The van der Waals surface area contributed by atoms with Gasteiger partial charge in [-0.3, -0.25) is 4.18 Å². The third-order valence-electron chi connectivity index (χ3n) is 0.141. The Morgan fingerprint density at radius 1 is 1.86 bits per heavy atom. The minimum atomic E-state index is -2.32. The van der Waals surface area contributed by atoms with Gasteiger partial charge in [0.15, 0.2) is 0 Å². The summed E-state index contributed by atoms with van der Waals surface area (Å²) in [6, 6.07) is 0. The van der Waals surface area contributed by atoms with Crippen molar-refractivity contribution < 1.29 is 42.5 Å². The summed E-state index contributed by atoms with van der Waals surface area (Å²) in [5.74, 6) is 0. The topological polar surface area (TPSA) is 49.4 Å². The van der Waals surface area contributed by atoms with Crippen molar-refractivity contribution in [3.63, 3.8) is 0 Å². The van der Waals surface area contributed by atoms with Gasteiger partial charge in [0.1, 0.15) is 4.61 Å². The zero-order valence-electron chi connectivity index (χ0n) is 3.72. The molecule has 0 amide bonds. The minimum absolute atomic E-state index is 0. The van der Waals surface area contributed by atoms with Crippen LogP contribution >= 0.6 is 22.6 Å². The molecule has 0 saturated carbocycles. The fourth-order valence-electron chi connectivity index (χ4n) is 0.0364. The average molecular weight is 244 g/mol. The molecule has 0 aromatic carbocycles. The van der Waals surface area contributed by atoms with E-state index >= 15 is 0 Å². The van der Waals surface area contributed by atoms with Crippen LogP contribution in [0.4, 0.5) is 0 Å². The van der Waals surface area contributed by atoms with Gasteiger partial charge in [0.05, 0.1) is 11.4 Å². The van der Waals surface area contributed by atoms with Crippen molar-refractivity contribution in [3.8, 4) is 0 Å². The fourth-order valence-corrected chi connectivity index (χ4v) is 0.732. The first-order chi connectivity index (χ1) is 2.77. The van der Waals surface area contributed by atoms with Crippen LogP contribution in [0.5, 0.6) is 0 Å². The number of halogens is 1. The third-order valence-corrected chi connectivity index (χ3v) is 1.19. The first-order valence-corrected chi connectivity index (χ1v) is 3.58. The molecule has 0 N–H and O–H groups in total. The Hall–Kier alpha value is 1.80. The zero-order valence-corrected chi connectivity index (χ0v) is 8.69. The number of hydrogen-bond acceptors (Lipinski definition) is 3. The van der Waals surface area contributed by atoms with Crippen LogP contribution in [-0.2, 0) is 15.5 Å². The Morgan fingerprint density at radius 2 is 2.29 bits per heavy atom. The molecule has 1 unspecified atom stereocenters. The molecule has 0 aromatic heterocycles. The molecule has 0 heterocycles. The molecule has 0 fully saturated rings. The monoisotopic (exact) mass is 244 g/mol. The largest absolute Gasteiger partial charge is 1.00 e. The van der Waals surface area contributed by atoms with E-state index in [1.807, 2.05) is 0 Å². The zero-order chi connectivity index (χ0) is 4.99. The molecule has 38 valence electrons. The Bertz CT molecular complexity index is 58.9. The second kappa shape index (κ2) is 7.80. The summed E-state index contributed by atoms with van der Waals surface area (Å²) in [4.78, 5) is 0. The van der Waals surface area contributed by atoms with E-state index in [0.717, 1.165) is 0 Å². The van der Waals surface area contributed by atoms with E-state index in [2.05, 4.69) is 4.18 Å². The Kier molecular flexibility index (Phi) is 12.9. The Morgan fingerprint density at radius 3 is 2.29 bits per heavy atom. The van der Waals surface area contributed by atoms with Gasteiger partial charge in [0.2, 0.25) is 0 Å². The maximum absolute atomic E-state index is 9.37. The standard InChI is InChI=1S/CH3IO3S.Na/c2-1-5-6(3)4;/h1H2,(H,3,4);/q;+1/p-1. The first kappa shape index (κ1) is 11.6. The second-order valence-corrected chi connectivity index (χ2v) is 1.70. The summed E-state index contributed by atoms with van der Waals surface area (Å²) in [5.41, 5.74) is 0. The van der Waals surface area contributed by atoms with Crippen LogP contribution in [0.2, 0.25) is 0 Å². The van der Waals surface area contributed by atoms with Crippen LogP contribution in [0, 0.1) is 0 Å². The van der Waals surface area contributed by atoms with Gasteiger partial charge in [-0.15, -0.1) is 0 Å². The van der Waals surface area contributed by atoms with E-state index in [0.29, 0.717) is 0 Å². The van der Waals surface area contributed by atoms with Gasteiger partial charge in [-0.2, -0.15) is 0 Å². The summed E-state index contributed by atoms with van der Waals surface area (Å²) in [6.45, 7) is 0. The summed E-state index contributed by atoms with van der Waals surface area (Å²) >= 11 is -0.536. The maximum atomic E-state index is 9.37. The van der Waals surface area contributed by atoms with E-state index in [1.54, 1.807) is 22.6 Å². The molecule has 0 rings (SSSR count). The summed E-state index contributed by atoms with van der Waals surface area (Å²) in [5, 5.41) is 0. The molecule has 0 aliphatic carbocycles. The van der Waals surface area contributed by atoms with Crippen molar-refractivity contribution in [1.29, 1.82) is 0 Å². The van der Waals surface area contributed by atoms with E-state index < -0.39 is 11.4 Å². The van der Waals surface area contributed by atoms with Crippen molar-refractivity contribution >= 4 is 34.0 Å². The van der Waals surface area contributed by atoms with Crippen LogP contribution in [0.15, 0.2) is 0 Å². The van der Waals surface area contributed by atoms with Crippen molar-refractivity contribution in [2.45, 2.75) is 0 Å². The van der Waals surface area contributed by atoms with Crippen LogP contribution in [0.1, 0.15) is 0 Å². The molecule has 1 atom stereocenters. The molecular weight excluding hydrogens is 242 g/mol. The molecule has 7 heavy (non-hydrogen) atoms. The molecule has 0 aliphatic rings. The van der Waals surface area contributed by atoms with Crippen molar-refractivity contribution in [2.75, 3.05) is 4.61 Å². The van der Waals surface area contributed by atoms with Crippen molar-refractivity contribution in [2.24, 2.45) is 0 Å². The summed E-state index contributed by atoms with van der Waals surface area (Å²) in [7, 11) is 0. The molecule has 3 nitrogen and oxygen atoms in total. The van der Waals surface area contributed by atoms with Gasteiger partial charge in [-0.1, -0.05) is 22.6 Å². The van der Waals surface area contributed by atoms with Gasteiger partial charge in [0, 0.05) is 0 Å². The van der Waals surface area contributed by atoms with Gasteiger partial charge in [-0.25, -0.2) is 4.21 Å². The van der Waals surface area contributed by atoms with Crippen molar-refractivity contribution in [3.05, 3.63) is 0 Å². The molecule has 0 spiro atoms. The number of rotatable bonds is 2. The quantitative estimate of drug-likeness (QED) is 0.228. The van der Waals surface area contributed by atoms with E-state index in [9.17, 15) is 8.76 Å². The van der Waals surface area contributed by atoms with Gasteiger partial charge >= 0.3 is 29.6 Å². The average Bonchev–Trinajstić information content (AvgIpc) is 1.35. The molecule has 0 aromatic rings. The second-order valence-electron chi connectivity index (χ2n) is 0.431.